The maximum atomic E-state index is 13.7. The fraction of sp³-hybridized carbons (Fsp3) is 0.267. The van der Waals surface area contributed by atoms with Gasteiger partial charge < -0.3 is 10.0 Å². The van der Waals surface area contributed by atoms with Gasteiger partial charge in [-0.15, -0.1) is 0 Å². The fourth-order valence-corrected chi connectivity index (χ4v) is 2.12. The van der Waals surface area contributed by atoms with Crippen LogP contribution in [-0.2, 0) is 13.0 Å². The summed E-state index contributed by atoms with van der Waals surface area (Å²) < 4.78 is 13.7. The lowest BCUT2D eigenvalue weighted by Crippen LogP contribution is -2.21. The van der Waals surface area contributed by atoms with E-state index in [1.807, 2.05) is 24.1 Å². The van der Waals surface area contributed by atoms with Crippen LogP contribution in [0.2, 0.25) is 5.02 Å². The molecular formula is C15H16ClFN2O. The van der Waals surface area contributed by atoms with Gasteiger partial charge in [0.05, 0.1) is 5.02 Å². The average molecular weight is 295 g/mol. The minimum atomic E-state index is -0.442. The van der Waals surface area contributed by atoms with Crippen molar-refractivity contribution in [3.63, 3.8) is 0 Å². The third-order valence-corrected chi connectivity index (χ3v) is 3.39. The SMILES string of the molecule is CN(CCc1ccncc1)Cc1cc(Cl)c(O)cc1F. The first-order chi connectivity index (χ1) is 9.56. The van der Waals surface area contributed by atoms with Crippen LogP contribution in [-0.4, -0.2) is 28.6 Å². The highest BCUT2D eigenvalue weighted by Crippen LogP contribution is 2.26. The van der Waals surface area contributed by atoms with Crippen molar-refractivity contribution in [1.29, 1.82) is 0 Å². The number of halogens is 2. The molecule has 0 saturated heterocycles. The number of rotatable bonds is 5. The minimum Gasteiger partial charge on any atom is -0.506 e. The average Bonchev–Trinajstić information content (AvgIpc) is 2.44. The molecule has 2 rings (SSSR count). The van der Waals surface area contributed by atoms with Gasteiger partial charge in [-0.25, -0.2) is 4.39 Å². The second-order valence-corrected chi connectivity index (χ2v) is 5.15. The Kier molecular flexibility index (Phi) is 4.93. The summed E-state index contributed by atoms with van der Waals surface area (Å²) in [6.07, 6.45) is 4.38. The molecule has 0 saturated carbocycles. The Bertz CT molecular complexity index is 578. The van der Waals surface area contributed by atoms with E-state index in [1.54, 1.807) is 12.4 Å². The van der Waals surface area contributed by atoms with E-state index in [0.29, 0.717) is 12.1 Å². The number of phenolic OH excluding ortho intramolecular Hbond substituents is 1. The summed E-state index contributed by atoms with van der Waals surface area (Å²) in [6.45, 7) is 1.23. The highest BCUT2D eigenvalue weighted by atomic mass is 35.5. The van der Waals surface area contributed by atoms with Gasteiger partial charge in [0, 0.05) is 37.1 Å². The number of nitrogens with zero attached hydrogens (tertiary/aromatic N) is 2. The molecule has 20 heavy (non-hydrogen) atoms. The van der Waals surface area contributed by atoms with Gasteiger partial charge in [-0.05, 0) is 37.2 Å². The van der Waals surface area contributed by atoms with Gasteiger partial charge in [0.15, 0.2) is 0 Å². The molecule has 1 aromatic carbocycles. The van der Waals surface area contributed by atoms with E-state index in [-0.39, 0.29) is 10.8 Å². The first-order valence-corrected chi connectivity index (χ1v) is 6.68. The Hall–Kier alpha value is -1.65. The summed E-state index contributed by atoms with van der Waals surface area (Å²) in [4.78, 5) is 5.97. The smallest absolute Gasteiger partial charge is 0.137 e. The Labute approximate surface area is 122 Å². The predicted octanol–water partition coefficient (Wildman–Crippen LogP) is 3.25. The van der Waals surface area contributed by atoms with Crippen LogP contribution in [0.1, 0.15) is 11.1 Å². The van der Waals surface area contributed by atoms with Crippen molar-refractivity contribution in [2.24, 2.45) is 0 Å². The number of aromatic hydroxyl groups is 1. The van der Waals surface area contributed by atoms with Gasteiger partial charge >= 0.3 is 0 Å². The molecule has 0 aliphatic carbocycles. The molecule has 0 aliphatic rings. The molecule has 0 bridgehead atoms. The number of hydrogen-bond donors (Lipinski definition) is 1. The van der Waals surface area contributed by atoms with E-state index in [4.69, 9.17) is 11.6 Å². The zero-order chi connectivity index (χ0) is 14.5. The maximum Gasteiger partial charge on any atom is 0.137 e. The van der Waals surface area contributed by atoms with E-state index in [2.05, 4.69) is 4.98 Å². The Morgan fingerprint density at radius 3 is 2.70 bits per heavy atom. The largest absolute Gasteiger partial charge is 0.506 e. The predicted molar refractivity (Wildman–Crippen MR) is 77.3 cm³/mol. The van der Waals surface area contributed by atoms with Crippen LogP contribution in [0.5, 0.6) is 5.75 Å². The monoisotopic (exact) mass is 294 g/mol. The second-order valence-electron chi connectivity index (χ2n) is 4.74. The molecule has 1 N–H and O–H groups in total. The van der Waals surface area contributed by atoms with Crippen LogP contribution >= 0.6 is 11.6 Å². The van der Waals surface area contributed by atoms with E-state index in [9.17, 15) is 9.50 Å². The van der Waals surface area contributed by atoms with Crippen LogP contribution in [0.3, 0.4) is 0 Å². The molecule has 5 heteroatoms. The Balaban J connectivity index is 1.95. The summed E-state index contributed by atoms with van der Waals surface area (Å²) in [7, 11) is 1.92. The van der Waals surface area contributed by atoms with Crippen molar-refractivity contribution in [3.05, 3.63) is 58.6 Å². The molecule has 0 aliphatic heterocycles. The zero-order valence-electron chi connectivity index (χ0n) is 11.2. The molecule has 1 heterocycles. The lowest BCUT2D eigenvalue weighted by atomic mass is 10.1. The van der Waals surface area contributed by atoms with Crippen LogP contribution in [0.25, 0.3) is 0 Å². The molecule has 0 unspecified atom stereocenters. The molecule has 0 spiro atoms. The number of likely N-dealkylation sites (N-methyl/N-ethyl adjacent to an activating group) is 1. The quantitative estimate of drug-likeness (QED) is 0.919. The summed E-state index contributed by atoms with van der Waals surface area (Å²) >= 11 is 5.80. The number of hydrogen-bond acceptors (Lipinski definition) is 3. The van der Waals surface area contributed by atoms with Crippen LogP contribution in [0, 0.1) is 5.82 Å². The van der Waals surface area contributed by atoms with Crippen molar-refractivity contribution in [1.82, 2.24) is 9.88 Å². The first kappa shape index (κ1) is 14.8. The third-order valence-electron chi connectivity index (χ3n) is 3.09. The lowest BCUT2D eigenvalue weighted by Gasteiger charge is -2.17. The number of phenols is 1. The van der Waals surface area contributed by atoms with Crippen LogP contribution in [0.15, 0.2) is 36.7 Å². The Morgan fingerprint density at radius 1 is 1.30 bits per heavy atom. The van der Waals surface area contributed by atoms with Gasteiger partial charge in [0.25, 0.3) is 0 Å². The van der Waals surface area contributed by atoms with Gasteiger partial charge in [-0.2, -0.15) is 0 Å². The highest BCUT2D eigenvalue weighted by Gasteiger charge is 2.10. The van der Waals surface area contributed by atoms with Gasteiger partial charge in [0.2, 0.25) is 0 Å². The molecule has 0 fully saturated rings. The molecule has 3 nitrogen and oxygen atoms in total. The number of benzene rings is 1. The van der Waals surface area contributed by atoms with Crippen molar-refractivity contribution in [3.8, 4) is 5.75 Å². The van der Waals surface area contributed by atoms with Crippen molar-refractivity contribution < 1.29 is 9.50 Å². The summed E-state index contributed by atoms with van der Waals surface area (Å²) in [6, 6.07) is 6.45. The standard InChI is InChI=1S/C15H16ClFN2O/c1-19(7-4-11-2-5-18-6-3-11)10-12-8-13(16)15(20)9-14(12)17/h2-3,5-6,8-9,20H,4,7,10H2,1H3. The molecule has 0 atom stereocenters. The molecular weight excluding hydrogens is 279 g/mol. The maximum absolute atomic E-state index is 13.7. The summed E-state index contributed by atoms with van der Waals surface area (Å²) in [5.41, 5.74) is 1.67. The van der Waals surface area contributed by atoms with E-state index in [0.717, 1.165) is 19.0 Å². The van der Waals surface area contributed by atoms with Crippen molar-refractivity contribution in [2.45, 2.75) is 13.0 Å². The van der Waals surface area contributed by atoms with Crippen LogP contribution in [0.4, 0.5) is 4.39 Å². The van der Waals surface area contributed by atoms with E-state index < -0.39 is 5.82 Å². The number of aromatic nitrogens is 1. The zero-order valence-corrected chi connectivity index (χ0v) is 11.9. The van der Waals surface area contributed by atoms with Crippen molar-refractivity contribution in [2.75, 3.05) is 13.6 Å². The molecule has 0 amide bonds. The number of pyridine rings is 1. The topological polar surface area (TPSA) is 36.4 Å². The minimum absolute atomic E-state index is 0.170. The first-order valence-electron chi connectivity index (χ1n) is 6.30. The molecule has 0 radical (unpaired) electrons. The normalized spacial score (nSPS) is 11.0. The van der Waals surface area contributed by atoms with E-state index >= 15 is 0 Å². The fourth-order valence-electron chi connectivity index (χ4n) is 1.94. The van der Waals surface area contributed by atoms with Crippen molar-refractivity contribution >= 4 is 11.6 Å². The summed E-state index contributed by atoms with van der Waals surface area (Å²) in [5, 5.41) is 9.49. The Morgan fingerprint density at radius 2 is 2.00 bits per heavy atom. The second kappa shape index (κ2) is 6.68. The summed E-state index contributed by atoms with van der Waals surface area (Å²) in [5.74, 6) is -0.671. The molecule has 1 aromatic heterocycles. The molecule has 2 aromatic rings. The highest BCUT2D eigenvalue weighted by molar-refractivity contribution is 6.32. The lowest BCUT2D eigenvalue weighted by molar-refractivity contribution is 0.325. The van der Waals surface area contributed by atoms with Gasteiger partial charge in [0.1, 0.15) is 11.6 Å². The molecule has 106 valence electrons. The van der Waals surface area contributed by atoms with Gasteiger partial charge in [-0.3, -0.25) is 4.98 Å². The van der Waals surface area contributed by atoms with Crippen LogP contribution < -0.4 is 0 Å². The third kappa shape index (κ3) is 3.92. The van der Waals surface area contributed by atoms with E-state index in [1.165, 1.54) is 11.6 Å². The van der Waals surface area contributed by atoms with Gasteiger partial charge in [-0.1, -0.05) is 11.6 Å².